The first-order valence-corrected chi connectivity index (χ1v) is 6.03. The van der Waals surface area contributed by atoms with Crippen molar-refractivity contribution in [3.05, 3.63) is 23.8 Å². The molecule has 8 N–H and O–H groups in total. The first kappa shape index (κ1) is 13.2. The van der Waals surface area contributed by atoms with E-state index in [-0.39, 0.29) is 10.7 Å². The number of nitrogens with zero attached hydrogens (tertiary/aromatic N) is 1. The molecule has 0 bridgehead atoms. The standard InChI is InChI=1S/C8H14N6O2S/c1-12-17(15,16)5-2-3-7(9)6(4-5)8(10)13-14-11/h2-4,12,14H,9,11H2,1H3,(H2,10,13). The average molecular weight is 258 g/mol. The molecule has 9 heteroatoms. The van der Waals surface area contributed by atoms with Gasteiger partial charge in [-0.3, -0.25) is 0 Å². The highest BCUT2D eigenvalue weighted by Crippen LogP contribution is 2.17. The Kier molecular flexibility index (Phi) is 3.89. The van der Waals surface area contributed by atoms with Crippen molar-refractivity contribution in [1.29, 1.82) is 0 Å². The molecule has 0 aliphatic heterocycles. The molecule has 1 rings (SSSR count). The Balaban J connectivity index is 3.35. The summed E-state index contributed by atoms with van der Waals surface area (Å²) < 4.78 is 25.3. The number of hydrogen-bond donors (Lipinski definition) is 5. The van der Waals surface area contributed by atoms with Crippen LogP contribution in [0.25, 0.3) is 0 Å². The Morgan fingerprint density at radius 1 is 1.41 bits per heavy atom. The summed E-state index contributed by atoms with van der Waals surface area (Å²) in [5.74, 6) is 4.98. The molecule has 1 aromatic carbocycles. The fraction of sp³-hybridized carbons (Fsp3) is 0.125. The lowest BCUT2D eigenvalue weighted by Crippen LogP contribution is -2.25. The summed E-state index contributed by atoms with van der Waals surface area (Å²) in [5.41, 5.74) is 13.8. The normalized spacial score (nSPS) is 12.5. The maximum absolute atomic E-state index is 11.6. The van der Waals surface area contributed by atoms with E-state index in [4.69, 9.17) is 17.3 Å². The molecule has 8 nitrogen and oxygen atoms in total. The van der Waals surface area contributed by atoms with Crippen LogP contribution < -0.4 is 27.6 Å². The molecule has 0 atom stereocenters. The van der Waals surface area contributed by atoms with Crippen LogP contribution in [0.4, 0.5) is 5.69 Å². The van der Waals surface area contributed by atoms with E-state index in [0.29, 0.717) is 11.3 Å². The van der Waals surface area contributed by atoms with E-state index in [1.54, 1.807) is 0 Å². The molecule has 0 aromatic heterocycles. The molecule has 0 saturated carbocycles. The van der Waals surface area contributed by atoms with Crippen LogP contribution in [0.2, 0.25) is 0 Å². The van der Waals surface area contributed by atoms with Gasteiger partial charge in [0.15, 0.2) is 5.84 Å². The van der Waals surface area contributed by atoms with Crippen molar-refractivity contribution in [1.82, 2.24) is 10.3 Å². The highest BCUT2D eigenvalue weighted by atomic mass is 32.2. The minimum absolute atomic E-state index is 0.00171. The number of hydrazone groups is 1. The number of nitrogen functional groups attached to an aromatic ring is 1. The van der Waals surface area contributed by atoms with Gasteiger partial charge in [0.1, 0.15) is 0 Å². The minimum atomic E-state index is -3.55. The van der Waals surface area contributed by atoms with Crippen LogP contribution in [0.5, 0.6) is 0 Å². The maximum Gasteiger partial charge on any atom is 0.240 e. The smallest absolute Gasteiger partial charge is 0.240 e. The Bertz CT molecular complexity index is 539. The molecule has 0 radical (unpaired) electrons. The fourth-order valence-electron chi connectivity index (χ4n) is 1.17. The van der Waals surface area contributed by atoms with Gasteiger partial charge in [0, 0.05) is 11.3 Å². The Hall–Kier alpha value is -1.84. The van der Waals surface area contributed by atoms with Crippen molar-refractivity contribution < 1.29 is 8.42 Å². The quantitative estimate of drug-likeness (QED) is 0.142. The van der Waals surface area contributed by atoms with Crippen molar-refractivity contribution in [2.45, 2.75) is 4.90 Å². The summed E-state index contributed by atoms with van der Waals surface area (Å²) in [6.07, 6.45) is 0. The zero-order valence-corrected chi connectivity index (χ0v) is 9.95. The summed E-state index contributed by atoms with van der Waals surface area (Å²) in [6, 6.07) is 4.11. The monoisotopic (exact) mass is 258 g/mol. The summed E-state index contributed by atoms with van der Waals surface area (Å²) >= 11 is 0. The molecular weight excluding hydrogens is 244 g/mol. The molecule has 0 spiro atoms. The molecule has 17 heavy (non-hydrogen) atoms. The first-order chi connectivity index (χ1) is 7.92. The Labute approximate surface area is 98.9 Å². The highest BCUT2D eigenvalue weighted by molar-refractivity contribution is 7.89. The summed E-state index contributed by atoms with van der Waals surface area (Å²) in [5, 5.41) is 3.53. The van der Waals surface area contributed by atoms with Crippen molar-refractivity contribution in [2.75, 3.05) is 12.8 Å². The predicted molar refractivity (Wildman–Crippen MR) is 65.1 cm³/mol. The van der Waals surface area contributed by atoms with E-state index < -0.39 is 10.0 Å². The fourth-order valence-corrected chi connectivity index (χ4v) is 1.93. The van der Waals surface area contributed by atoms with Crippen LogP contribution in [0.3, 0.4) is 0 Å². The van der Waals surface area contributed by atoms with Gasteiger partial charge in [-0.25, -0.2) is 24.5 Å². The second kappa shape index (κ2) is 4.99. The largest absolute Gasteiger partial charge is 0.398 e. The van der Waals surface area contributed by atoms with Crippen LogP contribution in [0, 0.1) is 0 Å². The van der Waals surface area contributed by atoms with Gasteiger partial charge in [-0.2, -0.15) is 0 Å². The van der Waals surface area contributed by atoms with E-state index in [0.717, 1.165) is 0 Å². The van der Waals surface area contributed by atoms with Gasteiger partial charge in [0.25, 0.3) is 0 Å². The first-order valence-electron chi connectivity index (χ1n) is 4.54. The summed E-state index contributed by atoms with van der Waals surface area (Å²) in [6.45, 7) is 0. The SMILES string of the molecule is CNS(=O)(=O)c1ccc(N)c(/C(N)=N/NN)c1. The topological polar surface area (TPSA) is 149 Å². The second-order valence-electron chi connectivity index (χ2n) is 3.08. The van der Waals surface area contributed by atoms with E-state index in [2.05, 4.69) is 9.82 Å². The molecule has 0 heterocycles. The van der Waals surface area contributed by atoms with Crippen LogP contribution >= 0.6 is 0 Å². The molecule has 0 amide bonds. The van der Waals surface area contributed by atoms with Crippen molar-refractivity contribution >= 4 is 21.5 Å². The predicted octanol–water partition coefficient (Wildman–Crippen LogP) is -1.74. The minimum Gasteiger partial charge on any atom is -0.398 e. The zero-order valence-electron chi connectivity index (χ0n) is 9.14. The van der Waals surface area contributed by atoms with Gasteiger partial charge in [0.05, 0.1) is 4.90 Å². The van der Waals surface area contributed by atoms with Gasteiger partial charge in [-0.05, 0) is 25.2 Å². The number of benzene rings is 1. The van der Waals surface area contributed by atoms with E-state index in [1.165, 1.54) is 25.2 Å². The van der Waals surface area contributed by atoms with E-state index in [1.807, 2.05) is 5.53 Å². The highest BCUT2D eigenvalue weighted by Gasteiger charge is 2.14. The molecule has 1 aromatic rings. The van der Waals surface area contributed by atoms with Crippen molar-refractivity contribution in [2.24, 2.45) is 16.7 Å². The molecule has 0 aliphatic rings. The number of rotatable bonds is 4. The number of hydrogen-bond acceptors (Lipinski definition) is 6. The lowest BCUT2D eigenvalue weighted by Gasteiger charge is -2.08. The Morgan fingerprint density at radius 2 is 2.06 bits per heavy atom. The maximum atomic E-state index is 11.6. The van der Waals surface area contributed by atoms with Gasteiger partial charge >= 0.3 is 0 Å². The molecule has 0 aliphatic carbocycles. The summed E-state index contributed by atoms with van der Waals surface area (Å²) in [7, 11) is -2.24. The molecule has 0 saturated heterocycles. The second-order valence-corrected chi connectivity index (χ2v) is 4.97. The summed E-state index contributed by atoms with van der Waals surface area (Å²) in [4.78, 5) is 0.0411. The van der Waals surface area contributed by atoms with Crippen LogP contribution in [0.15, 0.2) is 28.2 Å². The number of nitrogens with one attached hydrogen (secondary N) is 2. The lowest BCUT2D eigenvalue weighted by atomic mass is 10.1. The number of amidine groups is 1. The number of anilines is 1. The van der Waals surface area contributed by atoms with Gasteiger partial charge in [-0.15, -0.1) is 5.10 Å². The third-order valence-electron chi connectivity index (χ3n) is 2.06. The molecule has 94 valence electrons. The lowest BCUT2D eigenvalue weighted by molar-refractivity contribution is 0.588. The van der Waals surface area contributed by atoms with Crippen LogP contribution in [-0.2, 0) is 10.0 Å². The van der Waals surface area contributed by atoms with Crippen LogP contribution in [0.1, 0.15) is 5.56 Å². The van der Waals surface area contributed by atoms with Crippen molar-refractivity contribution in [3.63, 3.8) is 0 Å². The zero-order chi connectivity index (χ0) is 13.1. The molecular formula is C8H14N6O2S. The molecule has 0 fully saturated rings. The average Bonchev–Trinajstić information content (AvgIpc) is 2.29. The molecule has 0 unspecified atom stereocenters. The van der Waals surface area contributed by atoms with Crippen molar-refractivity contribution in [3.8, 4) is 0 Å². The van der Waals surface area contributed by atoms with E-state index in [9.17, 15) is 8.42 Å². The third-order valence-corrected chi connectivity index (χ3v) is 3.48. The number of hydrazine groups is 1. The third kappa shape index (κ3) is 2.84. The number of nitrogens with two attached hydrogens (primary N) is 3. The van der Waals surface area contributed by atoms with E-state index >= 15 is 0 Å². The van der Waals surface area contributed by atoms with Gasteiger partial charge < -0.3 is 11.5 Å². The van der Waals surface area contributed by atoms with Crippen LogP contribution in [-0.4, -0.2) is 21.3 Å². The Morgan fingerprint density at radius 3 is 2.59 bits per heavy atom. The number of sulfonamides is 1. The van der Waals surface area contributed by atoms with Gasteiger partial charge in [-0.1, -0.05) is 0 Å². The van der Waals surface area contributed by atoms with Gasteiger partial charge in [0.2, 0.25) is 10.0 Å².